The number of hydrogen-bond donors (Lipinski definition) is 2. The lowest BCUT2D eigenvalue weighted by Crippen LogP contribution is -2.56. The molecule has 1 saturated heterocycles. The number of hydrogen-bond acceptors (Lipinski definition) is 7. The van der Waals surface area contributed by atoms with Crippen LogP contribution in [0.4, 0.5) is 4.79 Å². The topological polar surface area (TPSA) is 95.1 Å². The third kappa shape index (κ3) is 8.66. The van der Waals surface area contributed by atoms with Crippen molar-refractivity contribution in [2.24, 2.45) is 0 Å². The quantitative estimate of drug-likeness (QED) is 0.471. The fourth-order valence-corrected chi connectivity index (χ4v) is 4.96. The zero-order chi connectivity index (χ0) is 26.1. The average Bonchev–Trinajstić information content (AvgIpc) is 2.83. The van der Waals surface area contributed by atoms with Crippen molar-refractivity contribution in [2.75, 3.05) is 19.8 Å². The van der Waals surface area contributed by atoms with Crippen LogP contribution in [0.5, 0.6) is 5.75 Å². The summed E-state index contributed by atoms with van der Waals surface area (Å²) in [4.78, 5) is 24.3. The molecule has 2 N–H and O–H groups in total. The van der Waals surface area contributed by atoms with Crippen LogP contribution in [-0.4, -0.2) is 61.7 Å². The predicted molar refractivity (Wildman–Crippen MR) is 138 cm³/mol. The largest absolute Gasteiger partial charge is 0.479 e. The highest BCUT2D eigenvalue weighted by molar-refractivity contribution is 5.74. The van der Waals surface area contributed by atoms with Gasteiger partial charge in [0.15, 0.2) is 6.10 Å². The van der Waals surface area contributed by atoms with Crippen molar-refractivity contribution in [1.29, 1.82) is 0 Å². The predicted octanol–water partition coefficient (Wildman–Crippen LogP) is 4.71. The highest BCUT2D eigenvalue weighted by Gasteiger charge is 2.31. The summed E-state index contributed by atoms with van der Waals surface area (Å²) < 4.78 is 22.8. The van der Waals surface area contributed by atoms with Crippen molar-refractivity contribution < 1.29 is 28.5 Å². The van der Waals surface area contributed by atoms with E-state index in [1.165, 1.54) is 0 Å². The first-order valence-electron chi connectivity index (χ1n) is 13.4. The van der Waals surface area contributed by atoms with Gasteiger partial charge in [0, 0.05) is 6.04 Å². The number of rotatable bonds is 9. The van der Waals surface area contributed by atoms with Gasteiger partial charge in [-0.3, -0.25) is 0 Å². The number of amides is 1. The van der Waals surface area contributed by atoms with Crippen LogP contribution in [-0.2, 0) is 19.0 Å². The molecule has 3 atom stereocenters. The summed E-state index contributed by atoms with van der Waals surface area (Å²) in [7, 11) is 0. The normalized spacial score (nSPS) is 25.5. The monoisotopic (exact) mass is 504 g/mol. The van der Waals surface area contributed by atoms with Crippen LogP contribution in [0.15, 0.2) is 24.3 Å². The fourth-order valence-electron chi connectivity index (χ4n) is 4.96. The Hall–Kier alpha value is -2.32. The van der Waals surface area contributed by atoms with Gasteiger partial charge in [0.05, 0.1) is 25.4 Å². The van der Waals surface area contributed by atoms with Crippen LogP contribution >= 0.6 is 0 Å². The number of ether oxygens (including phenoxy) is 4. The van der Waals surface area contributed by atoms with E-state index in [0.29, 0.717) is 19.1 Å². The maximum Gasteiger partial charge on any atom is 0.407 e. The SMILES string of the molecule is CCOC(=O)[C@@H](C)Oc1ccccc1C1CCC(OC[C@@H]2NCCC[C@@H]2NC(=O)OC(C)(C)C)CC1. The van der Waals surface area contributed by atoms with E-state index >= 15 is 0 Å². The Morgan fingerprint density at radius 2 is 1.83 bits per heavy atom. The molecule has 1 amide bonds. The Kier molecular flexibility index (Phi) is 10.4. The molecule has 1 aliphatic heterocycles. The van der Waals surface area contributed by atoms with Gasteiger partial charge in [0.1, 0.15) is 11.4 Å². The molecule has 1 aromatic carbocycles. The van der Waals surface area contributed by atoms with Crippen molar-refractivity contribution in [3.63, 3.8) is 0 Å². The molecule has 1 heterocycles. The van der Waals surface area contributed by atoms with Crippen molar-refractivity contribution in [3.05, 3.63) is 29.8 Å². The van der Waals surface area contributed by atoms with Gasteiger partial charge >= 0.3 is 12.1 Å². The first-order valence-corrected chi connectivity index (χ1v) is 13.4. The van der Waals surface area contributed by atoms with Crippen LogP contribution in [0.2, 0.25) is 0 Å². The molecule has 8 nitrogen and oxygen atoms in total. The second kappa shape index (κ2) is 13.3. The summed E-state index contributed by atoms with van der Waals surface area (Å²) in [6.45, 7) is 11.0. The number of para-hydroxylation sites is 1. The summed E-state index contributed by atoms with van der Waals surface area (Å²) in [6.07, 6.45) is 5.01. The third-order valence-corrected chi connectivity index (χ3v) is 6.75. The van der Waals surface area contributed by atoms with Crippen molar-refractivity contribution >= 4 is 12.1 Å². The first kappa shape index (κ1) is 28.3. The zero-order valence-electron chi connectivity index (χ0n) is 22.5. The number of carbonyl (C=O) groups is 2. The van der Waals surface area contributed by atoms with Gasteiger partial charge in [-0.05, 0) is 97.2 Å². The molecule has 3 rings (SSSR count). The molecular weight excluding hydrogens is 460 g/mol. The maximum absolute atomic E-state index is 12.3. The minimum Gasteiger partial charge on any atom is -0.479 e. The number of benzene rings is 1. The molecule has 202 valence electrons. The molecule has 0 radical (unpaired) electrons. The molecule has 1 saturated carbocycles. The summed E-state index contributed by atoms with van der Waals surface area (Å²) >= 11 is 0. The van der Waals surface area contributed by atoms with E-state index in [1.807, 2.05) is 39.0 Å². The molecule has 0 bridgehead atoms. The fraction of sp³-hybridized carbons (Fsp3) is 0.714. The maximum atomic E-state index is 12.3. The molecule has 0 spiro atoms. The lowest BCUT2D eigenvalue weighted by atomic mass is 9.82. The van der Waals surface area contributed by atoms with E-state index in [9.17, 15) is 9.59 Å². The van der Waals surface area contributed by atoms with Crippen molar-refractivity contribution in [1.82, 2.24) is 10.6 Å². The number of alkyl carbamates (subject to hydrolysis) is 1. The van der Waals surface area contributed by atoms with E-state index in [0.717, 1.165) is 56.4 Å². The van der Waals surface area contributed by atoms with Gasteiger partial charge in [-0.1, -0.05) is 18.2 Å². The van der Waals surface area contributed by atoms with E-state index in [4.69, 9.17) is 18.9 Å². The van der Waals surface area contributed by atoms with Crippen LogP contribution in [0.25, 0.3) is 0 Å². The van der Waals surface area contributed by atoms with Crippen molar-refractivity contribution in [2.45, 2.75) is 109 Å². The number of esters is 1. The zero-order valence-corrected chi connectivity index (χ0v) is 22.5. The van der Waals surface area contributed by atoms with Gasteiger partial charge in [0.25, 0.3) is 0 Å². The minimum atomic E-state index is -0.643. The second-order valence-electron chi connectivity index (χ2n) is 10.8. The molecule has 0 unspecified atom stereocenters. The van der Waals surface area contributed by atoms with Crippen LogP contribution in [0.3, 0.4) is 0 Å². The van der Waals surface area contributed by atoms with Gasteiger partial charge in [-0.25, -0.2) is 9.59 Å². The first-order chi connectivity index (χ1) is 17.2. The number of piperidine rings is 1. The molecule has 1 aromatic rings. The van der Waals surface area contributed by atoms with Crippen LogP contribution in [0.1, 0.15) is 84.6 Å². The summed E-state index contributed by atoms with van der Waals surface area (Å²) in [5, 5.41) is 6.53. The highest BCUT2D eigenvalue weighted by Crippen LogP contribution is 2.38. The minimum absolute atomic E-state index is 0.00430. The molecule has 1 aliphatic carbocycles. The van der Waals surface area contributed by atoms with Crippen molar-refractivity contribution in [3.8, 4) is 5.75 Å². The van der Waals surface area contributed by atoms with Crippen LogP contribution in [0, 0.1) is 0 Å². The van der Waals surface area contributed by atoms with E-state index in [1.54, 1.807) is 13.8 Å². The summed E-state index contributed by atoms with van der Waals surface area (Å²) in [6, 6.07) is 8.05. The van der Waals surface area contributed by atoms with Gasteiger partial charge < -0.3 is 29.6 Å². The molecule has 2 aliphatic rings. The number of carbonyl (C=O) groups excluding carboxylic acids is 2. The van der Waals surface area contributed by atoms with E-state index < -0.39 is 11.7 Å². The Balaban J connectivity index is 1.49. The average molecular weight is 505 g/mol. The molecule has 0 aromatic heterocycles. The number of nitrogens with one attached hydrogen (secondary N) is 2. The van der Waals surface area contributed by atoms with E-state index in [2.05, 4.69) is 16.7 Å². The Labute approximate surface area is 215 Å². The lowest BCUT2D eigenvalue weighted by molar-refractivity contribution is -0.150. The summed E-state index contributed by atoms with van der Waals surface area (Å²) in [5.74, 6) is 0.773. The van der Waals surface area contributed by atoms with Crippen LogP contribution < -0.4 is 15.4 Å². The lowest BCUT2D eigenvalue weighted by Gasteiger charge is -2.36. The van der Waals surface area contributed by atoms with E-state index in [-0.39, 0.29) is 30.3 Å². The Morgan fingerprint density at radius 1 is 1.11 bits per heavy atom. The smallest absolute Gasteiger partial charge is 0.407 e. The highest BCUT2D eigenvalue weighted by atomic mass is 16.6. The Morgan fingerprint density at radius 3 is 2.53 bits per heavy atom. The molecule has 2 fully saturated rings. The van der Waals surface area contributed by atoms with Gasteiger partial charge in [0.2, 0.25) is 0 Å². The molecule has 8 heteroatoms. The second-order valence-corrected chi connectivity index (χ2v) is 10.8. The molecular formula is C28H44N2O6. The van der Waals surface area contributed by atoms with Gasteiger partial charge in [-0.2, -0.15) is 0 Å². The molecule has 36 heavy (non-hydrogen) atoms. The third-order valence-electron chi connectivity index (χ3n) is 6.75. The standard InChI is InChI=1S/C28H44N2O6/c1-6-33-26(31)19(2)35-25-12-8-7-10-22(25)20-13-15-21(16-14-20)34-18-24-23(11-9-17-29-24)30-27(32)36-28(3,4)5/h7-8,10,12,19-21,23-24,29H,6,9,11,13-18H2,1-5H3,(H,30,32)/t19-,20?,21?,23+,24+/m1/s1. The Bertz CT molecular complexity index is 847. The van der Waals surface area contributed by atoms with Gasteiger partial charge in [-0.15, -0.1) is 0 Å². The summed E-state index contributed by atoms with van der Waals surface area (Å²) in [5.41, 5.74) is 0.625.